The van der Waals surface area contributed by atoms with Crippen LogP contribution in [0.25, 0.3) is 16.2 Å². The Morgan fingerprint density at radius 2 is 2.04 bits per heavy atom. The van der Waals surface area contributed by atoms with Crippen molar-refractivity contribution < 1.29 is 14.3 Å². The Bertz CT molecular complexity index is 895. The number of imidazole rings is 1. The lowest BCUT2D eigenvalue weighted by molar-refractivity contribution is -0.134. The zero-order valence-electron chi connectivity index (χ0n) is 14.7. The fraction of sp³-hybridized carbons (Fsp3) is 0.368. The molecule has 7 heteroatoms. The Hall–Kier alpha value is -2.38. The Morgan fingerprint density at radius 3 is 2.77 bits per heavy atom. The number of fused-ring (bicyclic) bond motifs is 1. The molecule has 0 atom stereocenters. The number of hydrogen-bond donors (Lipinski definition) is 0. The highest BCUT2D eigenvalue weighted by Crippen LogP contribution is 2.25. The van der Waals surface area contributed by atoms with E-state index >= 15 is 0 Å². The first-order valence-electron chi connectivity index (χ1n) is 8.79. The maximum absolute atomic E-state index is 12.5. The number of rotatable bonds is 5. The van der Waals surface area contributed by atoms with Crippen LogP contribution in [0.3, 0.4) is 0 Å². The van der Waals surface area contributed by atoms with Crippen LogP contribution in [0.2, 0.25) is 0 Å². The molecular weight excluding hydrogens is 350 g/mol. The van der Waals surface area contributed by atoms with Crippen molar-refractivity contribution in [2.24, 2.45) is 0 Å². The van der Waals surface area contributed by atoms with E-state index in [1.54, 1.807) is 11.3 Å². The second-order valence-electron chi connectivity index (χ2n) is 6.13. The van der Waals surface area contributed by atoms with Gasteiger partial charge in [0, 0.05) is 35.9 Å². The third-order valence-electron chi connectivity index (χ3n) is 4.44. The van der Waals surface area contributed by atoms with Gasteiger partial charge in [-0.05, 0) is 31.2 Å². The van der Waals surface area contributed by atoms with Crippen LogP contribution in [0.15, 0.2) is 35.8 Å². The van der Waals surface area contributed by atoms with Crippen molar-refractivity contribution in [3.8, 4) is 17.0 Å². The van der Waals surface area contributed by atoms with Crippen molar-refractivity contribution in [2.75, 3.05) is 32.9 Å². The number of carbonyl (C=O) groups excluding carboxylic acids is 1. The number of amides is 1. The van der Waals surface area contributed by atoms with E-state index in [-0.39, 0.29) is 5.91 Å². The van der Waals surface area contributed by atoms with E-state index in [2.05, 4.69) is 0 Å². The van der Waals surface area contributed by atoms with E-state index in [1.165, 1.54) is 0 Å². The van der Waals surface area contributed by atoms with Crippen molar-refractivity contribution in [2.45, 2.75) is 13.3 Å². The Kier molecular flexibility index (Phi) is 4.90. The second-order valence-corrected chi connectivity index (χ2v) is 6.97. The van der Waals surface area contributed by atoms with Gasteiger partial charge in [-0.1, -0.05) is 0 Å². The molecule has 0 bridgehead atoms. The van der Waals surface area contributed by atoms with E-state index in [9.17, 15) is 4.79 Å². The van der Waals surface area contributed by atoms with Crippen molar-refractivity contribution in [1.29, 1.82) is 0 Å². The minimum atomic E-state index is 0.143. The van der Waals surface area contributed by atoms with Gasteiger partial charge in [0.15, 0.2) is 4.96 Å². The molecular formula is C19H21N3O3S. The van der Waals surface area contributed by atoms with E-state index in [1.807, 2.05) is 52.1 Å². The summed E-state index contributed by atoms with van der Waals surface area (Å²) in [6.45, 7) is 5.22. The van der Waals surface area contributed by atoms with Gasteiger partial charge in [-0.25, -0.2) is 4.98 Å². The molecule has 0 saturated carbocycles. The Morgan fingerprint density at radius 1 is 1.27 bits per heavy atom. The smallest absolute Gasteiger partial charge is 0.228 e. The van der Waals surface area contributed by atoms with Gasteiger partial charge in [0.05, 0.1) is 31.9 Å². The molecule has 0 unspecified atom stereocenters. The number of carbonyl (C=O) groups is 1. The minimum absolute atomic E-state index is 0.143. The van der Waals surface area contributed by atoms with Crippen molar-refractivity contribution >= 4 is 22.2 Å². The van der Waals surface area contributed by atoms with Crippen LogP contribution in [0.5, 0.6) is 5.75 Å². The molecule has 1 aromatic carbocycles. The fourth-order valence-electron chi connectivity index (χ4n) is 3.06. The van der Waals surface area contributed by atoms with Gasteiger partial charge in [-0.15, -0.1) is 11.3 Å². The molecule has 136 valence electrons. The first kappa shape index (κ1) is 17.1. The fourth-order valence-corrected chi connectivity index (χ4v) is 3.94. The Balaban J connectivity index is 1.53. The quantitative estimate of drug-likeness (QED) is 0.692. The Labute approximate surface area is 156 Å². The summed E-state index contributed by atoms with van der Waals surface area (Å²) in [5, 5.41) is 2.02. The summed E-state index contributed by atoms with van der Waals surface area (Å²) in [6.07, 6.45) is 2.39. The number of ether oxygens (including phenoxy) is 2. The molecule has 4 rings (SSSR count). The second kappa shape index (κ2) is 7.47. The summed E-state index contributed by atoms with van der Waals surface area (Å²) < 4.78 is 12.8. The normalized spacial score (nSPS) is 14.7. The molecule has 1 saturated heterocycles. The number of benzene rings is 1. The minimum Gasteiger partial charge on any atom is -0.494 e. The van der Waals surface area contributed by atoms with Gasteiger partial charge >= 0.3 is 0 Å². The molecule has 0 aliphatic carbocycles. The van der Waals surface area contributed by atoms with Crippen LogP contribution in [-0.4, -0.2) is 53.1 Å². The maximum atomic E-state index is 12.5. The van der Waals surface area contributed by atoms with Crippen LogP contribution in [0, 0.1) is 0 Å². The third kappa shape index (κ3) is 3.45. The summed E-state index contributed by atoms with van der Waals surface area (Å²) in [7, 11) is 0. The molecule has 1 aliphatic heterocycles. The van der Waals surface area contributed by atoms with Gasteiger partial charge < -0.3 is 14.4 Å². The molecule has 3 aromatic rings. The first-order chi connectivity index (χ1) is 12.7. The average Bonchev–Trinajstić information content (AvgIpc) is 3.25. The van der Waals surface area contributed by atoms with E-state index < -0.39 is 0 Å². The molecule has 3 heterocycles. The lowest BCUT2D eigenvalue weighted by Crippen LogP contribution is -2.41. The maximum Gasteiger partial charge on any atom is 0.228 e. The van der Waals surface area contributed by atoms with E-state index in [4.69, 9.17) is 14.5 Å². The van der Waals surface area contributed by atoms with E-state index in [0.29, 0.717) is 39.3 Å². The van der Waals surface area contributed by atoms with Crippen molar-refractivity contribution in [3.63, 3.8) is 0 Å². The standard InChI is InChI=1S/C19H21N3O3S/c1-2-25-16-5-3-14(4-6-16)17-12-22-15(13-26-19(22)20-17)11-18(23)21-7-9-24-10-8-21/h3-6,12-13H,2,7-11H2,1H3. The van der Waals surface area contributed by atoms with Gasteiger partial charge in [-0.2, -0.15) is 0 Å². The molecule has 26 heavy (non-hydrogen) atoms. The summed E-state index contributed by atoms with van der Waals surface area (Å²) in [4.78, 5) is 20.0. The molecule has 1 fully saturated rings. The van der Waals surface area contributed by atoms with Crippen molar-refractivity contribution in [1.82, 2.24) is 14.3 Å². The van der Waals surface area contributed by atoms with Crippen LogP contribution < -0.4 is 4.74 Å². The van der Waals surface area contributed by atoms with Gasteiger partial charge in [0.2, 0.25) is 5.91 Å². The van der Waals surface area contributed by atoms with Crippen LogP contribution in [-0.2, 0) is 16.0 Å². The molecule has 1 amide bonds. The van der Waals surface area contributed by atoms with Gasteiger partial charge in [0.1, 0.15) is 5.75 Å². The van der Waals surface area contributed by atoms with E-state index in [0.717, 1.165) is 27.7 Å². The highest BCUT2D eigenvalue weighted by molar-refractivity contribution is 7.15. The number of thiazole rings is 1. The number of aromatic nitrogens is 2. The average molecular weight is 371 g/mol. The summed E-state index contributed by atoms with van der Waals surface area (Å²) in [6, 6.07) is 7.93. The van der Waals surface area contributed by atoms with Crippen LogP contribution >= 0.6 is 11.3 Å². The lowest BCUT2D eigenvalue weighted by Gasteiger charge is -2.26. The number of hydrogen-bond acceptors (Lipinski definition) is 5. The molecule has 0 N–H and O–H groups in total. The summed E-state index contributed by atoms with van der Waals surface area (Å²) in [5.74, 6) is 0.999. The molecule has 2 aromatic heterocycles. The molecule has 0 radical (unpaired) electrons. The highest BCUT2D eigenvalue weighted by atomic mass is 32.1. The highest BCUT2D eigenvalue weighted by Gasteiger charge is 2.19. The molecule has 6 nitrogen and oxygen atoms in total. The zero-order chi connectivity index (χ0) is 17.9. The number of nitrogens with zero attached hydrogens (tertiary/aromatic N) is 3. The zero-order valence-corrected chi connectivity index (χ0v) is 15.5. The third-order valence-corrected chi connectivity index (χ3v) is 5.33. The van der Waals surface area contributed by atoms with Gasteiger partial charge in [0.25, 0.3) is 0 Å². The first-order valence-corrected chi connectivity index (χ1v) is 9.67. The molecule has 0 spiro atoms. The SMILES string of the molecule is CCOc1ccc(-c2cn3c(CC(=O)N4CCOCC4)csc3n2)cc1. The predicted molar refractivity (Wildman–Crippen MR) is 101 cm³/mol. The predicted octanol–water partition coefficient (Wildman–Crippen LogP) is 2.86. The van der Waals surface area contributed by atoms with Crippen molar-refractivity contribution in [3.05, 3.63) is 41.5 Å². The monoisotopic (exact) mass is 371 g/mol. The van der Waals surface area contributed by atoms with Crippen LogP contribution in [0.1, 0.15) is 12.6 Å². The summed E-state index contributed by atoms with van der Waals surface area (Å²) in [5.41, 5.74) is 2.92. The van der Waals surface area contributed by atoms with Gasteiger partial charge in [-0.3, -0.25) is 9.20 Å². The largest absolute Gasteiger partial charge is 0.494 e. The van der Waals surface area contributed by atoms with Crippen LogP contribution in [0.4, 0.5) is 0 Å². The number of morpholine rings is 1. The topological polar surface area (TPSA) is 56.1 Å². The molecule has 1 aliphatic rings. The lowest BCUT2D eigenvalue weighted by atomic mass is 10.1. The summed E-state index contributed by atoms with van der Waals surface area (Å²) >= 11 is 1.56.